The predicted octanol–water partition coefficient (Wildman–Crippen LogP) is 2.43. The van der Waals surface area contributed by atoms with E-state index in [1.165, 1.54) is 6.07 Å². The number of carbonyl (C=O) groups excluding carboxylic acids is 1. The van der Waals surface area contributed by atoms with E-state index in [0.29, 0.717) is 36.4 Å². The Kier molecular flexibility index (Phi) is 3.61. The van der Waals surface area contributed by atoms with E-state index in [0.717, 1.165) is 12.8 Å². The Labute approximate surface area is 118 Å². The van der Waals surface area contributed by atoms with Crippen LogP contribution in [0.2, 0.25) is 0 Å². The molecule has 0 aromatic heterocycles. The summed E-state index contributed by atoms with van der Waals surface area (Å²) >= 11 is 0. The Morgan fingerprint density at radius 3 is 2.55 bits per heavy atom. The highest BCUT2D eigenvalue weighted by molar-refractivity contribution is 5.98. The maximum Gasteiger partial charge on any atom is 0.166 e. The predicted molar refractivity (Wildman–Crippen MR) is 74.3 cm³/mol. The van der Waals surface area contributed by atoms with Crippen LogP contribution in [0.3, 0.4) is 0 Å². The van der Waals surface area contributed by atoms with Crippen LogP contribution in [-0.2, 0) is 4.74 Å². The SMILES string of the molecule is Cc1cc(C(=O)C2CC3COCC(C2)N3C)ccc1F. The molecule has 3 rings (SSSR count). The van der Waals surface area contributed by atoms with Crippen molar-refractivity contribution in [1.29, 1.82) is 0 Å². The molecule has 2 atom stereocenters. The maximum absolute atomic E-state index is 13.3. The normalized spacial score (nSPS) is 30.2. The number of hydrogen-bond acceptors (Lipinski definition) is 3. The summed E-state index contributed by atoms with van der Waals surface area (Å²) in [6.07, 6.45) is 1.67. The van der Waals surface area contributed by atoms with Crippen LogP contribution in [-0.4, -0.2) is 43.0 Å². The largest absolute Gasteiger partial charge is 0.378 e. The molecule has 0 amide bonds. The van der Waals surface area contributed by atoms with Gasteiger partial charge in [-0.3, -0.25) is 9.69 Å². The number of rotatable bonds is 2. The molecule has 3 nitrogen and oxygen atoms in total. The molecule has 2 heterocycles. The summed E-state index contributed by atoms with van der Waals surface area (Å²) in [7, 11) is 2.11. The number of Topliss-reactive ketones (excluding diaryl/α,β-unsaturated/α-hetero) is 1. The third-order valence-electron chi connectivity index (χ3n) is 4.70. The molecule has 4 heteroatoms. The Balaban J connectivity index is 1.79. The average Bonchev–Trinajstić information content (AvgIpc) is 2.41. The zero-order valence-electron chi connectivity index (χ0n) is 11.9. The van der Waals surface area contributed by atoms with E-state index in [2.05, 4.69) is 11.9 Å². The van der Waals surface area contributed by atoms with Gasteiger partial charge in [0.15, 0.2) is 5.78 Å². The molecule has 1 aromatic rings. The molecule has 0 aliphatic carbocycles. The molecule has 0 spiro atoms. The minimum Gasteiger partial charge on any atom is -0.378 e. The highest BCUT2D eigenvalue weighted by Crippen LogP contribution is 2.32. The summed E-state index contributed by atoms with van der Waals surface area (Å²) in [5.74, 6) is -0.0664. The highest BCUT2D eigenvalue weighted by Gasteiger charge is 2.39. The van der Waals surface area contributed by atoms with E-state index in [1.54, 1.807) is 19.1 Å². The molecule has 2 unspecified atom stereocenters. The van der Waals surface area contributed by atoms with Crippen molar-refractivity contribution in [2.24, 2.45) is 5.92 Å². The fourth-order valence-electron chi connectivity index (χ4n) is 3.34. The number of nitrogens with zero attached hydrogens (tertiary/aromatic N) is 1. The Morgan fingerprint density at radius 2 is 1.95 bits per heavy atom. The summed E-state index contributed by atoms with van der Waals surface area (Å²) in [5, 5.41) is 0. The zero-order chi connectivity index (χ0) is 14.3. The van der Waals surface area contributed by atoms with Crippen LogP contribution in [0.5, 0.6) is 0 Å². The number of ether oxygens (including phenoxy) is 1. The number of benzene rings is 1. The van der Waals surface area contributed by atoms with Crippen LogP contribution < -0.4 is 0 Å². The molecule has 2 bridgehead atoms. The van der Waals surface area contributed by atoms with E-state index >= 15 is 0 Å². The molecule has 0 saturated carbocycles. The lowest BCUT2D eigenvalue weighted by Crippen LogP contribution is -2.55. The van der Waals surface area contributed by atoms with Gasteiger partial charge in [0.1, 0.15) is 5.82 Å². The van der Waals surface area contributed by atoms with E-state index in [1.807, 2.05) is 0 Å². The second kappa shape index (κ2) is 5.26. The molecule has 0 radical (unpaired) electrons. The molecule has 2 fully saturated rings. The van der Waals surface area contributed by atoms with E-state index in [-0.39, 0.29) is 17.5 Å². The summed E-state index contributed by atoms with van der Waals surface area (Å²) < 4.78 is 18.9. The molecule has 1 aromatic carbocycles. The van der Waals surface area contributed by atoms with E-state index in [9.17, 15) is 9.18 Å². The van der Waals surface area contributed by atoms with Crippen molar-refractivity contribution in [2.45, 2.75) is 31.8 Å². The van der Waals surface area contributed by atoms with Gasteiger partial charge in [0.05, 0.1) is 13.2 Å². The molecular weight excluding hydrogens is 257 g/mol. The van der Waals surface area contributed by atoms with Gasteiger partial charge in [-0.15, -0.1) is 0 Å². The standard InChI is InChI=1S/C16H20FNO2/c1-10-5-11(3-4-15(10)17)16(19)12-6-13-8-20-9-14(7-12)18(13)2/h3-5,12-14H,6-9H2,1-2H3. The Bertz CT molecular complexity index is 517. The first-order valence-corrected chi connectivity index (χ1v) is 7.16. The number of hydrogen-bond donors (Lipinski definition) is 0. The number of ketones is 1. The molecule has 2 aliphatic heterocycles. The number of piperidine rings is 1. The van der Waals surface area contributed by atoms with Crippen molar-refractivity contribution in [2.75, 3.05) is 20.3 Å². The third-order valence-corrected chi connectivity index (χ3v) is 4.70. The van der Waals surface area contributed by atoms with Crippen LogP contribution >= 0.6 is 0 Å². The number of halogens is 1. The van der Waals surface area contributed by atoms with Gasteiger partial charge in [-0.25, -0.2) is 4.39 Å². The quantitative estimate of drug-likeness (QED) is 0.778. The van der Waals surface area contributed by atoms with Crippen molar-refractivity contribution in [3.8, 4) is 0 Å². The van der Waals surface area contributed by atoms with Gasteiger partial charge < -0.3 is 4.74 Å². The minimum atomic E-state index is -0.254. The second-order valence-corrected chi connectivity index (χ2v) is 6.01. The van der Waals surface area contributed by atoms with Crippen molar-refractivity contribution >= 4 is 5.78 Å². The molecule has 0 N–H and O–H groups in total. The summed E-state index contributed by atoms with van der Waals surface area (Å²) in [6, 6.07) is 5.33. The average molecular weight is 277 g/mol. The van der Waals surface area contributed by atoms with Crippen molar-refractivity contribution < 1.29 is 13.9 Å². The van der Waals surface area contributed by atoms with Crippen LogP contribution in [0.25, 0.3) is 0 Å². The number of aryl methyl sites for hydroxylation is 1. The topological polar surface area (TPSA) is 29.5 Å². The second-order valence-electron chi connectivity index (χ2n) is 6.01. The highest BCUT2D eigenvalue weighted by atomic mass is 19.1. The number of carbonyl (C=O) groups is 1. The molecule has 2 aliphatic rings. The Morgan fingerprint density at radius 1 is 1.30 bits per heavy atom. The smallest absolute Gasteiger partial charge is 0.166 e. The van der Waals surface area contributed by atoms with E-state index < -0.39 is 0 Å². The van der Waals surface area contributed by atoms with Gasteiger partial charge in [-0.2, -0.15) is 0 Å². The molecule has 108 valence electrons. The first-order chi connectivity index (χ1) is 9.56. The first-order valence-electron chi connectivity index (χ1n) is 7.16. The summed E-state index contributed by atoms with van der Waals surface area (Å²) in [5.41, 5.74) is 1.17. The molecule has 20 heavy (non-hydrogen) atoms. The van der Waals surface area contributed by atoms with Gasteiger partial charge >= 0.3 is 0 Å². The van der Waals surface area contributed by atoms with Gasteiger partial charge in [-0.1, -0.05) is 0 Å². The lowest BCUT2D eigenvalue weighted by Gasteiger charge is -2.46. The van der Waals surface area contributed by atoms with Gasteiger partial charge in [-0.05, 0) is 50.6 Å². The zero-order valence-corrected chi connectivity index (χ0v) is 11.9. The number of fused-ring (bicyclic) bond motifs is 2. The minimum absolute atomic E-state index is 0.0370. The van der Waals surface area contributed by atoms with Crippen LogP contribution in [0, 0.1) is 18.7 Å². The van der Waals surface area contributed by atoms with E-state index in [4.69, 9.17) is 4.74 Å². The summed E-state index contributed by atoms with van der Waals surface area (Å²) in [4.78, 5) is 15.0. The first kappa shape index (κ1) is 13.7. The van der Waals surface area contributed by atoms with Crippen LogP contribution in [0.15, 0.2) is 18.2 Å². The lowest BCUT2D eigenvalue weighted by atomic mass is 9.81. The molecule has 2 saturated heterocycles. The van der Waals surface area contributed by atoms with Gasteiger partial charge in [0, 0.05) is 23.6 Å². The van der Waals surface area contributed by atoms with Crippen molar-refractivity contribution in [1.82, 2.24) is 4.90 Å². The third kappa shape index (κ3) is 2.38. The van der Waals surface area contributed by atoms with Gasteiger partial charge in [0.2, 0.25) is 0 Å². The number of likely N-dealkylation sites (N-methyl/N-ethyl adjacent to an activating group) is 1. The Hall–Kier alpha value is -1.26. The maximum atomic E-state index is 13.3. The fourth-order valence-corrected chi connectivity index (χ4v) is 3.34. The van der Waals surface area contributed by atoms with Crippen molar-refractivity contribution in [3.63, 3.8) is 0 Å². The van der Waals surface area contributed by atoms with Crippen LogP contribution in [0.4, 0.5) is 4.39 Å². The lowest BCUT2D eigenvalue weighted by molar-refractivity contribution is -0.0702. The van der Waals surface area contributed by atoms with Crippen LogP contribution in [0.1, 0.15) is 28.8 Å². The molecular formula is C16H20FNO2. The van der Waals surface area contributed by atoms with Gasteiger partial charge in [0.25, 0.3) is 0 Å². The monoisotopic (exact) mass is 277 g/mol. The number of morpholine rings is 1. The summed E-state index contributed by atoms with van der Waals surface area (Å²) in [6.45, 7) is 3.11. The van der Waals surface area contributed by atoms with Crippen molar-refractivity contribution in [3.05, 3.63) is 35.1 Å². The fraction of sp³-hybridized carbons (Fsp3) is 0.562.